The number of alkyl halides is 1. The highest BCUT2D eigenvalue weighted by molar-refractivity contribution is 5.85. The maximum atomic E-state index is 11.5. The van der Waals surface area contributed by atoms with E-state index in [1.54, 1.807) is 0 Å². The van der Waals surface area contributed by atoms with Crippen LogP contribution in [0, 0.1) is 0 Å². The fraction of sp³-hybridized carbons (Fsp3) is 0.667. The van der Waals surface area contributed by atoms with Gasteiger partial charge in [-0.3, -0.25) is 0 Å². The molecule has 0 bridgehead atoms. The largest absolute Gasteiger partial charge is 0.479 e. The topological polar surface area (TPSA) is 63.3 Å². The van der Waals surface area contributed by atoms with Crippen molar-refractivity contribution in [3.8, 4) is 0 Å². The van der Waals surface area contributed by atoms with Crippen molar-refractivity contribution in [2.45, 2.75) is 6.17 Å². The lowest BCUT2D eigenvalue weighted by Gasteiger charge is -1.92. The minimum atomic E-state index is -1.90. The van der Waals surface area contributed by atoms with Crippen LogP contribution in [-0.2, 0) is 4.79 Å². The van der Waals surface area contributed by atoms with Gasteiger partial charge in [-0.05, 0) is 0 Å². The van der Waals surface area contributed by atoms with E-state index in [1.165, 1.54) is 0 Å². The molecule has 0 rings (SSSR count). The maximum Gasteiger partial charge on any atom is 0.339 e. The van der Waals surface area contributed by atoms with Gasteiger partial charge in [-0.25, -0.2) is 9.18 Å². The molecule has 0 unspecified atom stereocenters. The smallest absolute Gasteiger partial charge is 0.339 e. The summed E-state index contributed by atoms with van der Waals surface area (Å²) in [4.78, 5) is 9.48. The summed E-state index contributed by atoms with van der Waals surface area (Å²) in [5.74, 6) is -1.50. The van der Waals surface area contributed by atoms with Crippen LogP contribution in [0.1, 0.15) is 0 Å². The number of nitrogens with two attached hydrogens (primary N) is 1. The Morgan fingerprint density at radius 2 is 2.25 bits per heavy atom. The fourth-order valence-electron chi connectivity index (χ4n) is 0.101. The third-order valence-electron chi connectivity index (χ3n) is 0.475. The van der Waals surface area contributed by atoms with Crippen LogP contribution in [0.4, 0.5) is 4.39 Å². The number of hydrogen-bond acceptors (Lipinski definition) is 2. The van der Waals surface area contributed by atoms with Crippen LogP contribution < -0.4 is 5.73 Å². The monoisotopic (exact) mass is 143 g/mol. The second-order valence-corrected chi connectivity index (χ2v) is 1.04. The highest BCUT2D eigenvalue weighted by atomic mass is 35.5. The Kier molecular flexibility index (Phi) is 6.36. The molecule has 0 aromatic carbocycles. The Balaban J connectivity index is 0. The minimum Gasteiger partial charge on any atom is -0.479 e. The average Bonchev–Trinajstić information content (AvgIpc) is 1.65. The van der Waals surface area contributed by atoms with Crippen LogP contribution in [-0.4, -0.2) is 23.8 Å². The molecule has 0 aromatic heterocycles. The molecule has 50 valence electrons. The van der Waals surface area contributed by atoms with Crippen LogP contribution >= 0.6 is 12.4 Å². The quantitative estimate of drug-likeness (QED) is 0.562. The number of carboxylic acid groups (broad SMARTS) is 1. The van der Waals surface area contributed by atoms with Gasteiger partial charge in [0.25, 0.3) is 0 Å². The van der Waals surface area contributed by atoms with E-state index in [-0.39, 0.29) is 12.4 Å². The first-order chi connectivity index (χ1) is 3.18. The number of hydrogen-bond donors (Lipinski definition) is 2. The van der Waals surface area contributed by atoms with Gasteiger partial charge in [0, 0.05) is 6.54 Å². The lowest BCUT2D eigenvalue weighted by Crippen LogP contribution is -2.24. The van der Waals surface area contributed by atoms with Crippen molar-refractivity contribution in [2.75, 3.05) is 6.54 Å². The summed E-state index contributed by atoms with van der Waals surface area (Å²) < 4.78 is 11.5. The molecular weight excluding hydrogens is 136 g/mol. The van der Waals surface area contributed by atoms with E-state index in [0.29, 0.717) is 0 Å². The average molecular weight is 144 g/mol. The van der Waals surface area contributed by atoms with Gasteiger partial charge in [-0.15, -0.1) is 12.4 Å². The molecule has 0 heterocycles. The third kappa shape index (κ3) is 3.83. The molecule has 0 amide bonds. The van der Waals surface area contributed by atoms with Gasteiger partial charge in [-0.2, -0.15) is 0 Å². The first kappa shape index (κ1) is 10.6. The summed E-state index contributed by atoms with van der Waals surface area (Å²) in [6.45, 7) is -0.449. The van der Waals surface area contributed by atoms with Crippen LogP contribution in [0.25, 0.3) is 0 Å². The molecule has 0 saturated heterocycles. The van der Waals surface area contributed by atoms with Crippen molar-refractivity contribution in [3.05, 3.63) is 0 Å². The van der Waals surface area contributed by atoms with Crippen molar-refractivity contribution in [2.24, 2.45) is 5.73 Å². The molecule has 0 saturated carbocycles. The zero-order valence-electron chi connectivity index (χ0n) is 4.00. The normalized spacial score (nSPS) is 11.8. The second kappa shape index (κ2) is 4.80. The van der Waals surface area contributed by atoms with E-state index in [9.17, 15) is 9.18 Å². The van der Waals surface area contributed by atoms with Crippen LogP contribution in [0.5, 0.6) is 0 Å². The first-order valence-electron chi connectivity index (χ1n) is 1.75. The van der Waals surface area contributed by atoms with Gasteiger partial charge >= 0.3 is 5.97 Å². The molecule has 0 aliphatic rings. The van der Waals surface area contributed by atoms with Gasteiger partial charge in [0.05, 0.1) is 0 Å². The number of rotatable bonds is 2. The van der Waals surface area contributed by atoms with Crippen molar-refractivity contribution < 1.29 is 14.3 Å². The number of aliphatic carboxylic acids is 1. The lowest BCUT2D eigenvalue weighted by atomic mass is 10.4. The van der Waals surface area contributed by atoms with Gasteiger partial charge < -0.3 is 10.8 Å². The summed E-state index contributed by atoms with van der Waals surface area (Å²) in [6, 6.07) is 0. The predicted molar refractivity (Wildman–Crippen MR) is 28.8 cm³/mol. The van der Waals surface area contributed by atoms with Crippen molar-refractivity contribution in [3.63, 3.8) is 0 Å². The lowest BCUT2D eigenvalue weighted by molar-refractivity contribution is -0.142. The molecule has 0 aliphatic heterocycles. The summed E-state index contributed by atoms with van der Waals surface area (Å²) in [5.41, 5.74) is 4.62. The van der Waals surface area contributed by atoms with Gasteiger partial charge in [0.2, 0.25) is 6.17 Å². The van der Waals surface area contributed by atoms with E-state index in [2.05, 4.69) is 5.73 Å². The molecule has 0 radical (unpaired) electrons. The molecule has 0 spiro atoms. The van der Waals surface area contributed by atoms with Crippen LogP contribution in [0.2, 0.25) is 0 Å². The molecule has 3 nitrogen and oxygen atoms in total. The van der Waals surface area contributed by atoms with Crippen LogP contribution in [0.15, 0.2) is 0 Å². The Bertz CT molecular complexity index is 79.7. The summed E-state index contributed by atoms with van der Waals surface area (Å²) in [7, 11) is 0. The van der Waals surface area contributed by atoms with Gasteiger partial charge in [-0.1, -0.05) is 0 Å². The Morgan fingerprint density at radius 1 is 1.88 bits per heavy atom. The van der Waals surface area contributed by atoms with Gasteiger partial charge in [0.1, 0.15) is 0 Å². The van der Waals surface area contributed by atoms with E-state index in [4.69, 9.17) is 5.11 Å². The zero-order chi connectivity index (χ0) is 5.86. The molecule has 0 aromatic rings. The number of carbonyl (C=O) groups is 1. The highest BCUT2D eigenvalue weighted by Crippen LogP contribution is 1.83. The Labute approximate surface area is 52.1 Å². The summed E-state index contributed by atoms with van der Waals surface area (Å²) in [6.07, 6.45) is -1.90. The Morgan fingerprint density at radius 3 is 2.25 bits per heavy atom. The second-order valence-electron chi connectivity index (χ2n) is 1.04. The SMILES string of the molecule is Cl.NC[C@H](F)C(=O)O. The summed E-state index contributed by atoms with van der Waals surface area (Å²) in [5, 5.41) is 7.73. The first-order valence-corrected chi connectivity index (χ1v) is 1.75. The zero-order valence-corrected chi connectivity index (χ0v) is 4.82. The van der Waals surface area contributed by atoms with E-state index in [1.807, 2.05) is 0 Å². The van der Waals surface area contributed by atoms with Crippen molar-refractivity contribution in [1.82, 2.24) is 0 Å². The fourth-order valence-corrected chi connectivity index (χ4v) is 0.101. The minimum absolute atomic E-state index is 0. The predicted octanol–water partition coefficient (Wildman–Crippen LogP) is -0.210. The molecule has 1 atom stereocenters. The summed E-state index contributed by atoms with van der Waals surface area (Å²) >= 11 is 0. The molecular formula is C3H7ClFNO2. The molecule has 0 aliphatic carbocycles. The highest BCUT2D eigenvalue weighted by Gasteiger charge is 2.10. The number of halogens is 2. The van der Waals surface area contributed by atoms with Crippen molar-refractivity contribution >= 4 is 18.4 Å². The maximum absolute atomic E-state index is 11.5. The van der Waals surface area contributed by atoms with Crippen LogP contribution in [0.3, 0.4) is 0 Å². The molecule has 3 N–H and O–H groups in total. The molecule has 0 fully saturated rings. The van der Waals surface area contributed by atoms with E-state index < -0.39 is 18.7 Å². The van der Waals surface area contributed by atoms with E-state index >= 15 is 0 Å². The van der Waals surface area contributed by atoms with Gasteiger partial charge in [0.15, 0.2) is 0 Å². The van der Waals surface area contributed by atoms with E-state index in [0.717, 1.165) is 0 Å². The number of carboxylic acids is 1. The Hall–Kier alpha value is -0.350. The molecule has 8 heavy (non-hydrogen) atoms. The standard InChI is InChI=1S/C3H6FNO2.ClH/c4-2(1-5)3(6)7;/h2H,1,5H2,(H,6,7);1H/t2-;/m0./s1. The molecule has 5 heteroatoms. The third-order valence-corrected chi connectivity index (χ3v) is 0.475. The van der Waals surface area contributed by atoms with Crippen molar-refractivity contribution in [1.29, 1.82) is 0 Å².